The zero-order chi connectivity index (χ0) is 21.6. The predicted octanol–water partition coefficient (Wildman–Crippen LogP) is 3.06. The number of rotatable bonds is 6. The highest BCUT2D eigenvalue weighted by atomic mass is 19.4. The smallest absolute Gasteiger partial charge is 0.379 e. The molecule has 2 aromatic carbocycles. The quantitative estimate of drug-likeness (QED) is 0.752. The van der Waals surface area contributed by atoms with Crippen molar-refractivity contribution in [1.29, 1.82) is 0 Å². The fraction of sp³-hybridized carbons (Fsp3) is 0.333. The summed E-state index contributed by atoms with van der Waals surface area (Å²) in [7, 11) is 0. The Labute approximate surface area is 172 Å². The molecule has 6 nitrogen and oxygen atoms in total. The van der Waals surface area contributed by atoms with E-state index in [9.17, 15) is 22.8 Å². The zero-order valence-corrected chi connectivity index (χ0v) is 16.2. The van der Waals surface area contributed by atoms with Gasteiger partial charge in [0.05, 0.1) is 24.5 Å². The SMILES string of the molecule is O=C(Nc1ccccc1C(=O)NCC(F)(F)F)c1cccc(CN2CCOCC2)c1. The third-order valence-electron chi connectivity index (χ3n) is 4.57. The van der Waals surface area contributed by atoms with E-state index >= 15 is 0 Å². The number of hydrogen-bond acceptors (Lipinski definition) is 4. The topological polar surface area (TPSA) is 70.7 Å². The molecule has 2 amide bonds. The molecule has 0 aromatic heterocycles. The van der Waals surface area contributed by atoms with Gasteiger partial charge in [-0.05, 0) is 29.8 Å². The molecule has 0 bridgehead atoms. The molecular formula is C21H22F3N3O3. The molecule has 0 atom stereocenters. The van der Waals surface area contributed by atoms with Gasteiger partial charge in [0, 0.05) is 25.2 Å². The van der Waals surface area contributed by atoms with Crippen molar-refractivity contribution in [1.82, 2.24) is 10.2 Å². The normalized spacial score (nSPS) is 14.9. The molecule has 30 heavy (non-hydrogen) atoms. The Hall–Kier alpha value is -2.91. The van der Waals surface area contributed by atoms with Gasteiger partial charge in [-0.3, -0.25) is 14.5 Å². The molecule has 160 valence electrons. The average Bonchev–Trinajstić information content (AvgIpc) is 2.73. The predicted molar refractivity (Wildman–Crippen MR) is 105 cm³/mol. The number of anilines is 1. The van der Waals surface area contributed by atoms with E-state index in [0.29, 0.717) is 25.3 Å². The molecule has 1 aliphatic heterocycles. The second-order valence-electron chi connectivity index (χ2n) is 6.89. The van der Waals surface area contributed by atoms with Crippen LogP contribution in [0.15, 0.2) is 48.5 Å². The van der Waals surface area contributed by atoms with E-state index in [2.05, 4.69) is 10.2 Å². The van der Waals surface area contributed by atoms with Crippen molar-refractivity contribution in [3.05, 3.63) is 65.2 Å². The maximum Gasteiger partial charge on any atom is 0.405 e. The zero-order valence-electron chi connectivity index (χ0n) is 16.2. The van der Waals surface area contributed by atoms with E-state index in [-0.39, 0.29) is 11.3 Å². The molecular weight excluding hydrogens is 399 g/mol. The third kappa shape index (κ3) is 6.30. The number of amides is 2. The summed E-state index contributed by atoms with van der Waals surface area (Å²) in [5.74, 6) is -1.36. The van der Waals surface area contributed by atoms with Gasteiger partial charge in [0.1, 0.15) is 6.54 Å². The van der Waals surface area contributed by atoms with Crippen molar-refractivity contribution in [3.8, 4) is 0 Å². The van der Waals surface area contributed by atoms with Gasteiger partial charge >= 0.3 is 6.18 Å². The van der Waals surface area contributed by atoms with Crippen LogP contribution in [0.1, 0.15) is 26.3 Å². The van der Waals surface area contributed by atoms with Gasteiger partial charge in [-0.25, -0.2) is 0 Å². The number of carbonyl (C=O) groups is 2. The maximum atomic E-state index is 12.7. The van der Waals surface area contributed by atoms with Crippen LogP contribution in [0.5, 0.6) is 0 Å². The second-order valence-corrected chi connectivity index (χ2v) is 6.89. The van der Waals surface area contributed by atoms with Crippen LogP contribution in [0.4, 0.5) is 18.9 Å². The molecule has 0 saturated carbocycles. The van der Waals surface area contributed by atoms with Crippen molar-refractivity contribution < 1.29 is 27.5 Å². The molecule has 2 aromatic rings. The number of nitrogens with zero attached hydrogens (tertiary/aromatic N) is 1. The van der Waals surface area contributed by atoms with E-state index in [1.54, 1.807) is 24.3 Å². The monoisotopic (exact) mass is 421 g/mol. The van der Waals surface area contributed by atoms with E-state index in [1.807, 2.05) is 11.4 Å². The minimum atomic E-state index is -4.52. The van der Waals surface area contributed by atoms with Gasteiger partial charge < -0.3 is 15.4 Å². The first-order valence-corrected chi connectivity index (χ1v) is 9.46. The summed E-state index contributed by atoms with van der Waals surface area (Å²) in [5.41, 5.74) is 1.45. The number of para-hydroxylation sites is 1. The molecule has 1 aliphatic rings. The largest absolute Gasteiger partial charge is 0.405 e. The van der Waals surface area contributed by atoms with Crippen LogP contribution in [0.2, 0.25) is 0 Å². The number of alkyl halides is 3. The van der Waals surface area contributed by atoms with Crippen molar-refractivity contribution in [2.75, 3.05) is 38.2 Å². The molecule has 1 saturated heterocycles. The number of benzene rings is 2. The standard InChI is InChI=1S/C21H22F3N3O3/c22-21(23,24)14-25-20(29)17-6-1-2-7-18(17)26-19(28)16-5-3-4-15(12-16)13-27-8-10-30-11-9-27/h1-7,12H,8-11,13-14H2,(H,25,29)(H,26,28). The summed E-state index contributed by atoms with van der Waals surface area (Å²) < 4.78 is 42.5. The van der Waals surface area contributed by atoms with Gasteiger partial charge in [0.25, 0.3) is 11.8 Å². The molecule has 1 heterocycles. The number of carbonyl (C=O) groups excluding carboxylic acids is 2. The van der Waals surface area contributed by atoms with Crippen LogP contribution >= 0.6 is 0 Å². The Kier molecular flexibility index (Phi) is 7.07. The van der Waals surface area contributed by atoms with E-state index in [1.165, 1.54) is 18.2 Å². The summed E-state index contributed by atoms with van der Waals surface area (Å²) in [6, 6.07) is 13.0. The molecule has 3 rings (SSSR count). The molecule has 0 aliphatic carbocycles. The molecule has 2 N–H and O–H groups in total. The highest BCUT2D eigenvalue weighted by Gasteiger charge is 2.28. The van der Waals surface area contributed by atoms with Crippen molar-refractivity contribution in [2.24, 2.45) is 0 Å². The number of hydrogen-bond donors (Lipinski definition) is 2. The van der Waals surface area contributed by atoms with Crippen LogP contribution < -0.4 is 10.6 Å². The van der Waals surface area contributed by atoms with Crippen LogP contribution in [0.25, 0.3) is 0 Å². The summed E-state index contributed by atoms with van der Waals surface area (Å²) in [6.07, 6.45) is -4.52. The second kappa shape index (κ2) is 9.73. The maximum absolute atomic E-state index is 12.7. The Morgan fingerprint density at radius 3 is 2.47 bits per heavy atom. The molecule has 1 fully saturated rings. The van der Waals surface area contributed by atoms with Crippen molar-refractivity contribution in [2.45, 2.75) is 12.7 Å². The Morgan fingerprint density at radius 2 is 1.73 bits per heavy atom. The number of halogens is 3. The first-order valence-electron chi connectivity index (χ1n) is 9.46. The fourth-order valence-corrected chi connectivity index (χ4v) is 3.09. The molecule has 0 unspecified atom stereocenters. The third-order valence-corrected chi connectivity index (χ3v) is 4.57. The lowest BCUT2D eigenvalue weighted by molar-refractivity contribution is -0.123. The molecule has 0 radical (unpaired) electrons. The Balaban J connectivity index is 1.69. The first-order chi connectivity index (χ1) is 14.3. The van der Waals surface area contributed by atoms with Crippen LogP contribution in [0.3, 0.4) is 0 Å². The number of ether oxygens (including phenoxy) is 1. The van der Waals surface area contributed by atoms with E-state index in [4.69, 9.17) is 4.74 Å². The minimum Gasteiger partial charge on any atom is -0.379 e. The number of nitrogens with one attached hydrogen (secondary N) is 2. The fourth-order valence-electron chi connectivity index (χ4n) is 3.09. The van der Waals surface area contributed by atoms with Gasteiger partial charge in [0.15, 0.2) is 0 Å². The lowest BCUT2D eigenvalue weighted by Crippen LogP contribution is -2.35. The van der Waals surface area contributed by atoms with Gasteiger partial charge in [-0.2, -0.15) is 13.2 Å². The molecule has 0 spiro atoms. The minimum absolute atomic E-state index is 0.0421. The van der Waals surface area contributed by atoms with Crippen LogP contribution in [0, 0.1) is 0 Å². The first kappa shape index (κ1) is 21.8. The highest BCUT2D eigenvalue weighted by Crippen LogP contribution is 2.18. The molecule has 9 heteroatoms. The summed E-state index contributed by atoms with van der Waals surface area (Å²) in [5, 5.41) is 4.44. The van der Waals surface area contributed by atoms with Crippen molar-refractivity contribution in [3.63, 3.8) is 0 Å². The van der Waals surface area contributed by atoms with Crippen molar-refractivity contribution >= 4 is 17.5 Å². The lowest BCUT2D eigenvalue weighted by atomic mass is 10.1. The van der Waals surface area contributed by atoms with E-state index in [0.717, 1.165) is 18.7 Å². The van der Waals surface area contributed by atoms with Gasteiger partial charge in [-0.1, -0.05) is 24.3 Å². The Morgan fingerprint density at radius 1 is 1.00 bits per heavy atom. The lowest BCUT2D eigenvalue weighted by Gasteiger charge is -2.26. The van der Waals surface area contributed by atoms with Gasteiger partial charge in [0.2, 0.25) is 0 Å². The van der Waals surface area contributed by atoms with Crippen LogP contribution in [-0.4, -0.2) is 55.7 Å². The highest BCUT2D eigenvalue weighted by molar-refractivity contribution is 6.09. The summed E-state index contributed by atoms with van der Waals surface area (Å²) in [6.45, 7) is 2.22. The van der Waals surface area contributed by atoms with Gasteiger partial charge in [-0.15, -0.1) is 0 Å². The number of morpholine rings is 1. The Bertz CT molecular complexity index is 896. The summed E-state index contributed by atoms with van der Waals surface area (Å²) in [4.78, 5) is 27.0. The van der Waals surface area contributed by atoms with Crippen LogP contribution in [-0.2, 0) is 11.3 Å². The summed E-state index contributed by atoms with van der Waals surface area (Å²) >= 11 is 0. The van der Waals surface area contributed by atoms with E-state index < -0.39 is 24.5 Å². The average molecular weight is 421 g/mol.